The molecular weight excluding hydrogens is 216 g/mol. The van der Waals surface area contributed by atoms with Crippen molar-refractivity contribution < 1.29 is 14.3 Å². The fourth-order valence-corrected chi connectivity index (χ4v) is 1.41. The zero-order valence-corrected chi connectivity index (χ0v) is 10.1. The number of Topliss-reactive ketones (excluding diaryl/α,β-unsaturated/α-hetero) is 1. The molecule has 1 atom stereocenters. The van der Waals surface area contributed by atoms with Gasteiger partial charge in [0, 0.05) is 0 Å². The summed E-state index contributed by atoms with van der Waals surface area (Å²) in [5.41, 5.74) is 1.91. The van der Waals surface area contributed by atoms with Crippen molar-refractivity contribution >= 4 is 17.8 Å². The minimum atomic E-state index is -0.488. The first-order valence-corrected chi connectivity index (χ1v) is 5.44. The van der Waals surface area contributed by atoms with Gasteiger partial charge in [-0.15, -0.1) is 0 Å². The van der Waals surface area contributed by atoms with Gasteiger partial charge in [-0.3, -0.25) is 9.59 Å². The largest absolute Gasteiger partial charge is 0.457 e. The Morgan fingerprint density at radius 2 is 1.94 bits per heavy atom. The zero-order valence-electron chi connectivity index (χ0n) is 10.1. The zero-order chi connectivity index (χ0) is 12.8. The quantitative estimate of drug-likeness (QED) is 0.579. The van der Waals surface area contributed by atoms with E-state index in [0.29, 0.717) is 0 Å². The van der Waals surface area contributed by atoms with E-state index >= 15 is 0 Å². The summed E-state index contributed by atoms with van der Waals surface area (Å²) >= 11 is 0. The van der Waals surface area contributed by atoms with Gasteiger partial charge in [-0.1, -0.05) is 36.9 Å². The van der Waals surface area contributed by atoms with Gasteiger partial charge in [0.1, 0.15) is 18.3 Å². The van der Waals surface area contributed by atoms with E-state index < -0.39 is 5.97 Å². The third-order valence-corrected chi connectivity index (χ3v) is 2.34. The van der Waals surface area contributed by atoms with Crippen molar-refractivity contribution in [2.24, 2.45) is 0 Å². The van der Waals surface area contributed by atoms with E-state index in [0.717, 1.165) is 11.1 Å². The maximum absolute atomic E-state index is 11.3. The number of ether oxygens (including phenoxy) is 1. The SMILES string of the molecule is C=Cc1ccc(C(C)OC(=O)CC(C)=O)cc1. The van der Waals surface area contributed by atoms with Crippen molar-refractivity contribution in [2.45, 2.75) is 26.4 Å². The number of esters is 1. The number of hydrogen-bond donors (Lipinski definition) is 0. The van der Waals surface area contributed by atoms with Crippen LogP contribution in [0.2, 0.25) is 0 Å². The minimum Gasteiger partial charge on any atom is -0.457 e. The summed E-state index contributed by atoms with van der Waals surface area (Å²) in [5, 5.41) is 0. The Hall–Kier alpha value is -1.90. The molecule has 90 valence electrons. The highest BCUT2D eigenvalue weighted by atomic mass is 16.5. The van der Waals surface area contributed by atoms with E-state index in [-0.39, 0.29) is 18.3 Å². The standard InChI is InChI=1S/C14H16O3/c1-4-12-5-7-13(8-6-12)11(3)17-14(16)9-10(2)15/h4-8,11H,1,9H2,2-3H3. The van der Waals surface area contributed by atoms with Gasteiger partial charge in [-0.2, -0.15) is 0 Å². The molecule has 0 aromatic heterocycles. The normalized spacial score (nSPS) is 11.6. The molecule has 0 saturated heterocycles. The molecule has 0 spiro atoms. The molecule has 0 amide bonds. The average Bonchev–Trinajstić information content (AvgIpc) is 2.28. The molecule has 0 N–H and O–H groups in total. The number of rotatable bonds is 5. The predicted molar refractivity (Wildman–Crippen MR) is 66.3 cm³/mol. The lowest BCUT2D eigenvalue weighted by molar-refractivity contribution is -0.150. The summed E-state index contributed by atoms with van der Waals surface area (Å²) in [6.45, 7) is 6.81. The number of carbonyl (C=O) groups is 2. The number of carbonyl (C=O) groups excluding carboxylic acids is 2. The number of ketones is 1. The van der Waals surface area contributed by atoms with Crippen LogP contribution >= 0.6 is 0 Å². The van der Waals surface area contributed by atoms with Crippen molar-refractivity contribution in [2.75, 3.05) is 0 Å². The van der Waals surface area contributed by atoms with Crippen LogP contribution in [0.4, 0.5) is 0 Å². The highest BCUT2D eigenvalue weighted by Crippen LogP contribution is 2.18. The molecular formula is C14H16O3. The summed E-state index contributed by atoms with van der Waals surface area (Å²) in [6.07, 6.45) is 1.23. The third kappa shape index (κ3) is 4.23. The lowest BCUT2D eigenvalue weighted by Gasteiger charge is -2.13. The summed E-state index contributed by atoms with van der Waals surface area (Å²) in [5.74, 6) is -0.679. The second-order valence-electron chi connectivity index (χ2n) is 3.88. The van der Waals surface area contributed by atoms with Crippen LogP contribution in [0.5, 0.6) is 0 Å². The average molecular weight is 232 g/mol. The lowest BCUT2D eigenvalue weighted by atomic mass is 10.1. The molecule has 1 unspecified atom stereocenters. The molecule has 0 aliphatic carbocycles. The molecule has 17 heavy (non-hydrogen) atoms. The van der Waals surface area contributed by atoms with Crippen LogP contribution in [-0.2, 0) is 14.3 Å². The Kier molecular flexibility index (Phi) is 4.64. The molecule has 0 aliphatic rings. The van der Waals surface area contributed by atoms with Crippen LogP contribution in [0.1, 0.15) is 37.5 Å². The smallest absolute Gasteiger partial charge is 0.313 e. The van der Waals surface area contributed by atoms with Crippen LogP contribution in [0.25, 0.3) is 6.08 Å². The van der Waals surface area contributed by atoms with Crippen LogP contribution in [-0.4, -0.2) is 11.8 Å². The maximum Gasteiger partial charge on any atom is 0.313 e. The Bertz CT molecular complexity index is 418. The highest BCUT2D eigenvalue weighted by molar-refractivity contribution is 5.94. The highest BCUT2D eigenvalue weighted by Gasteiger charge is 2.12. The Morgan fingerprint density at radius 3 is 2.41 bits per heavy atom. The van der Waals surface area contributed by atoms with Gasteiger partial charge < -0.3 is 4.74 Å². The Morgan fingerprint density at radius 1 is 1.35 bits per heavy atom. The van der Waals surface area contributed by atoms with Crippen molar-refractivity contribution in [1.82, 2.24) is 0 Å². The van der Waals surface area contributed by atoms with Gasteiger partial charge in [0.15, 0.2) is 0 Å². The van der Waals surface area contributed by atoms with Gasteiger partial charge in [0.2, 0.25) is 0 Å². The van der Waals surface area contributed by atoms with Crippen molar-refractivity contribution in [3.8, 4) is 0 Å². The molecule has 0 saturated carbocycles. The molecule has 0 fully saturated rings. The van der Waals surface area contributed by atoms with Gasteiger partial charge in [-0.05, 0) is 25.0 Å². The first-order valence-electron chi connectivity index (χ1n) is 5.44. The van der Waals surface area contributed by atoms with Crippen molar-refractivity contribution in [3.05, 3.63) is 42.0 Å². The molecule has 3 nitrogen and oxygen atoms in total. The third-order valence-electron chi connectivity index (χ3n) is 2.34. The monoisotopic (exact) mass is 232 g/mol. The predicted octanol–water partition coefficient (Wildman–Crippen LogP) is 2.91. The molecule has 0 heterocycles. The summed E-state index contributed by atoms with van der Waals surface area (Å²) in [4.78, 5) is 22.0. The van der Waals surface area contributed by atoms with E-state index in [1.54, 1.807) is 13.0 Å². The molecule has 1 aromatic rings. The van der Waals surface area contributed by atoms with Crippen LogP contribution in [0.3, 0.4) is 0 Å². The summed E-state index contributed by atoms with van der Waals surface area (Å²) in [7, 11) is 0. The summed E-state index contributed by atoms with van der Waals surface area (Å²) in [6, 6.07) is 7.56. The van der Waals surface area contributed by atoms with E-state index in [1.165, 1.54) is 6.92 Å². The number of benzene rings is 1. The van der Waals surface area contributed by atoms with Gasteiger partial charge in [0.25, 0.3) is 0 Å². The van der Waals surface area contributed by atoms with Crippen molar-refractivity contribution in [3.63, 3.8) is 0 Å². The van der Waals surface area contributed by atoms with Gasteiger partial charge >= 0.3 is 5.97 Å². The molecule has 0 bridgehead atoms. The van der Waals surface area contributed by atoms with Crippen LogP contribution in [0, 0.1) is 0 Å². The van der Waals surface area contributed by atoms with Gasteiger partial charge in [-0.25, -0.2) is 0 Å². The van der Waals surface area contributed by atoms with Crippen molar-refractivity contribution in [1.29, 1.82) is 0 Å². The topological polar surface area (TPSA) is 43.4 Å². The Labute approximate surface area is 101 Å². The molecule has 1 rings (SSSR count). The Balaban J connectivity index is 2.62. The van der Waals surface area contributed by atoms with E-state index in [1.807, 2.05) is 24.3 Å². The van der Waals surface area contributed by atoms with E-state index in [2.05, 4.69) is 6.58 Å². The minimum absolute atomic E-state index is 0.172. The molecule has 1 aromatic carbocycles. The molecule has 0 aliphatic heterocycles. The first kappa shape index (κ1) is 13.2. The van der Waals surface area contributed by atoms with E-state index in [9.17, 15) is 9.59 Å². The van der Waals surface area contributed by atoms with E-state index in [4.69, 9.17) is 4.74 Å². The second kappa shape index (κ2) is 5.99. The van der Waals surface area contributed by atoms with Crippen LogP contribution < -0.4 is 0 Å². The van der Waals surface area contributed by atoms with Gasteiger partial charge in [0.05, 0.1) is 0 Å². The fourth-order valence-electron chi connectivity index (χ4n) is 1.41. The lowest BCUT2D eigenvalue weighted by Crippen LogP contribution is -2.11. The molecule has 3 heteroatoms. The maximum atomic E-state index is 11.3. The molecule has 0 radical (unpaired) electrons. The second-order valence-corrected chi connectivity index (χ2v) is 3.88. The fraction of sp³-hybridized carbons (Fsp3) is 0.286. The first-order chi connectivity index (χ1) is 8.02. The van der Waals surface area contributed by atoms with Crippen LogP contribution in [0.15, 0.2) is 30.8 Å². The summed E-state index contributed by atoms with van der Waals surface area (Å²) < 4.78 is 5.14. The number of hydrogen-bond acceptors (Lipinski definition) is 3.